The molecule has 0 aliphatic heterocycles. The van der Waals surface area contributed by atoms with Crippen LogP contribution in [-0.2, 0) is 4.79 Å². The van der Waals surface area contributed by atoms with Gasteiger partial charge in [-0.15, -0.1) is 10.2 Å². The van der Waals surface area contributed by atoms with Crippen LogP contribution in [0.25, 0.3) is 11.5 Å². The molecule has 0 spiro atoms. The Balaban J connectivity index is 1.51. The van der Waals surface area contributed by atoms with Crippen LogP contribution in [0.5, 0.6) is 0 Å². The summed E-state index contributed by atoms with van der Waals surface area (Å²) in [5.74, 6) is 0.760. The number of hydrogen-bond acceptors (Lipinski definition) is 5. The highest BCUT2D eigenvalue weighted by Crippen LogP contribution is 2.25. The lowest BCUT2D eigenvalue weighted by molar-refractivity contribution is -0.119. The van der Waals surface area contributed by atoms with E-state index in [0.717, 1.165) is 6.42 Å². The maximum Gasteiger partial charge on any atom is 0.277 e. The number of rotatable bonds is 5. The fourth-order valence-electron chi connectivity index (χ4n) is 2.88. The molecule has 1 aliphatic carbocycles. The zero-order valence-electron chi connectivity index (χ0n) is 13.5. The fraction of sp³-hybridized carbons (Fsp3) is 0.471. The highest BCUT2D eigenvalue weighted by molar-refractivity contribution is 7.99. The zero-order valence-corrected chi connectivity index (χ0v) is 14.3. The first-order valence-electron chi connectivity index (χ1n) is 8.13. The third-order valence-electron chi connectivity index (χ3n) is 4.28. The van der Waals surface area contributed by atoms with E-state index in [2.05, 4.69) is 22.4 Å². The average molecular weight is 349 g/mol. The maximum atomic E-state index is 12.9. The summed E-state index contributed by atoms with van der Waals surface area (Å²) in [7, 11) is 0. The quantitative estimate of drug-likeness (QED) is 0.834. The van der Waals surface area contributed by atoms with Gasteiger partial charge in [0.25, 0.3) is 5.22 Å². The standard InChI is InChI=1S/C17H20FN3O2S/c1-11-4-2-3-5-14(11)19-15(22)10-24-17-21-20-16(23-17)12-6-8-13(18)9-7-12/h6-9,11,14H,2-5,10H2,1H3,(H,19,22)/t11-,14-/m1/s1. The number of thioether (sulfide) groups is 1. The van der Waals surface area contributed by atoms with Crippen molar-refractivity contribution in [3.63, 3.8) is 0 Å². The summed E-state index contributed by atoms with van der Waals surface area (Å²) in [6, 6.07) is 6.10. The molecule has 2 atom stereocenters. The second kappa shape index (κ2) is 7.79. The molecule has 1 heterocycles. The van der Waals surface area contributed by atoms with Crippen LogP contribution in [0.4, 0.5) is 4.39 Å². The van der Waals surface area contributed by atoms with Gasteiger partial charge < -0.3 is 9.73 Å². The van der Waals surface area contributed by atoms with Crippen molar-refractivity contribution in [3.05, 3.63) is 30.1 Å². The highest BCUT2D eigenvalue weighted by Gasteiger charge is 2.23. The number of nitrogens with zero attached hydrogens (tertiary/aromatic N) is 2. The topological polar surface area (TPSA) is 68.0 Å². The molecule has 1 aliphatic rings. The average Bonchev–Trinajstić information content (AvgIpc) is 3.05. The smallest absolute Gasteiger partial charge is 0.277 e. The number of benzene rings is 1. The second-order valence-corrected chi connectivity index (χ2v) is 7.03. The highest BCUT2D eigenvalue weighted by atomic mass is 32.2. The molecule has 0 bridgehead atoms. The van der Waals surface area contributed by atoms with Gasteiger partial charge in [-0.25, -0.2) is 4.39 Å². The van der Waals surface area contributed by atoms with Crippen molar-refractivity contribution in [2.45, 2.75) is 43.9 Å². The molecule has 3 rings (SSSR count). The van der Waals surface area contributed by atoms with Gasteiger partial charge in [0.15, 0.2) is 0 Å². The molecule has 1 aromatic carbocycles. The van der Waals surface area contributed by atoms with Gasteiger partial charge in [-0.3, -0.25) is 4.79 Å². The van der Waals surface area contributed by atoms with Crippen molar-refractivity contribution in [1.82, 2.24) is 15.5 Å². The molecule has 7 heteroatoms. The van der Waals surface area contributed by atoms with Gasteiger partial charge >= 0.3 is 0 Å². The van der Waals surface area contributed by atoms with E-state index in [-0.39, 0.29) is 23.5 Å². The minimum Gasteiger partial charge on any atom is -0.411 e. The van der Waals surface area contributed by atoms with E-state index < -0.39 is 0 Å². The summed E-state index contributed by atoms with van der Waals surface area (Å²) in [6.07, 6.45) is 4.64. The molecule has 5 nitrogen and oxygen atoms in total. The van der Waals surface area contributed by atoms with E-state index >= 15 is 0 Å². The predicted molar refractivity (Wildman–Crippen MR) is 90.0 cm³/mol. The normalized spacial score (nSPS) is 20.8. The number of halogens is 1. The van der Waals surface area contributed by atoms with Crippen molar-refractivity contribution in [2.75, 3.05) is 5.75 Å². The van der Waals surface area contributed by atoms with E-state index in [0.29, 0.717) is 22.6 Å². The first-order valence-corrected chi connectivity index (χ1v) is 9.12. The van der Waals surface area contributed by atoms with Crippen molar-refractivity contribution < 1.29 is 13.6 Å². The molecule has 24 heavy (non-hydrogen) atoms. The molecule has 1 aromatic heterocycles. The number of nitrogens with one attached hydrogen (secondary N) is 1. The van der Waals surface area contributed by atoms with Crippen molar-refractivity contribution in [1.29, 1.82) is 0 Å². The first-order chi connectivity index (χ1) is 11.6. The third kappa shape index (κ3) is 4.35. The minimum absolute atomic E-state index is 0.0136. The lowest BCUT2D eigenvalue weighted by atomic mass is 9.86. The predicted octanol–water partition coefficient (Wildman–Crippen LogP) is 3.66. The molecule has 128 valence electrons. The summed E-state index contributed by atoms with van der Waals surface area (Å²) in [5, 5.41) is 11.3. The van der Waals surface area contributed by atoms with Gasteiger partial charge in [0, 0.05) is 11.6 Å². The van der Waals surface area contributed by atoms with Crippen LogP contribution in [0, 0.1) is 11.7 Å². The molecule has 0 unspecified atom stereocenters. The number of carbonyl (C=O) groups excluding carboxylic acids is 1. The third-order valence-corrected chi connectivity index (χ3v) is 5.10. The van der Waals surface area contributed by atoms with Crippen molar-refractivity contribution in [3.8, 4) is 11.5 Å². The Morgan fingerprint density at radius 1 is 1.29 bits per heavy atom. The largest absolute Gasteiger partial charge is 0.411 e. The monoisotopic (exact) mass is 349 g/mol. The zero-order chi connectivity index (χ0) is 16.9. The van der Waals surface area contributed by atoms with Gasteiger partial charge in [-0.1, -0.05) is 31.5 Å². The SMILES string of the molecule is C[C@@H]1CCCC[C@H]1NC(=O)CSc1nnc(-c2ccc(F)cc2)o1. The van der Waals surface area contributed by atoms with Crippen LogP contribution in [-0.4, -0.2) is 27.9 Å². The van der Waals surface area contributed by atoms with Crippen LogP contribution in [0.1, 0.15) is 32.6 Å². The second-order valence-electron chi connectivity index (χ2n) is 6.10. The molecule has 1 saturated carbocycles. The number of amides is 1. The van der Waals surface area contributed by atoms with Crippen LogP contribution in [0.2, 0.25) is 0 Å². The Hall–Kier alpha value is -1.89. The van der Waals surface area contributed by atoms with Gasteiger partial charge in [-0.2, -0.15) is 0 Å². The number of aromatic nitrogens is 2. The Labute approximate surface area is 144 Å². The molecule has 1 N–H and O–H groups in total. The molecule has 1 amide bonds. The lowest BCUT2D eigenvalue weighted by Crippen LogP contribution is -2.41. The summed E-state index contributed by atoms with van der Waals surface area (Å²) in [4.78, 5) is 12.1. The summed E-state index contributed by atoms with van der Waals surface area (Å²) < 4.78 is 18.4. The molecule has 2 aromatic rings. The molecule has 0 saturated heterocycles. The Morgan fingerprint density at radius 2 is 2.04 bits per heavy atom. The van der Waals surface area contributed by atoms with Crippen LogP contribution in [0.15, 0.2) is 33.9 Å². The molecule has 0 radical (unpaired) electrons. The van der Waals surface area contributed by atoms with Gasteiger partial charge in [0.2, 0.25) is 11.8 Å². The van der Waals surface area contributed by atoms with E-state index in [9.17, 15) is 9.18 Å². The first kappa shape index (κ1) is 17.0. The van der Waals surface area contributed by atoms with Gasteiger partial charge in [-0.05, 0) is 43.0 Å². The van der Waals surface area contributed by atoms with Crippen molar-refractivity contribution in [2.24, 2.45) is 5.92 Å². The number of hydrogen-bond donors (Lipinski definition) is 1. The fourth-order valence-corrected chi connectivity index (χ4v) is 3.46. The lowest BCUT2D eigenvalue weighted by Gasteiger charge is -2.29. The van der Waals surface area contributed by atoms with E-state index in [1.807, 2.05) is 0 Å². The van der Waals surface area contributed by atoms with Crippen LogP contribution >= 0.6 is 11.8 Å². The van der Waals surface area contributed by atoms with Gasteiger partial charge in [0.1, 0.15) is 5.82 Å². The van der Waals surface area contributed by atoms with E-state index in [1.165, 1.54) is 43.2 Å². The maximum absolute atomic E-state index is 12.9. The van der Waals surface area contributed by atoms with E-state index in [1.54, 1.807) is 12.1 Å². The summed E-state index contributed by atoms with van der Waals surface area (Å²) in [6.45, 7) is 2.18. The molecule has 1 fully saturated rings. The molecular weight excluding hydrogens is 329 g/mol. The minimum atomic E-state index is -0.318. The van der Waals surface area contributed by atoms with Gasteiger partial charge in [0.05, 0.1) is 5.75 Å². The Bertz CT molecular complexity index is 689. The molecular formula is C17H20FN3O2S. The summed E-state index contributed by atoms with van der Waals surface area (Å²) in [5.41, 5.74) is 0.649. The Morgan fingerprint density at radius 3 is 2.79 bits per heavy atom. The van der Waals surface area contributed by atoms with E-state index in [4.69, 9.17) is 4.42 Å². The summed E-state index contributed by atoms with van der Waals surface area (Å²) >= 11 is 1.21. The van der Waals surface area contributed by atoms with Crippen LogP contribution in [0.3, 0.4) is 0 Å². The van der Waals surface area contributed by atoms with Crippen LogP contribution < -0.4 is 5.32 Å². The van der Waals surface area contributed by atoms with Crippen molar-refractivity contribution >= 4 is 17.7 Å². The Kier molecular flexibility index (Phi) is 5.50. The number of carbonyl (C=O) groups is 1.